The Kier molecular flexibility index (Phi) is 5.80. The summed E-state index contributed by atoms with van der Waals surface area (Å²) < 4.78 is 12.3. The van der Waals surface area contributed by atoms with Crippen LogP contribution >= 0.6 is 0 Å². The van der Waals surface area contributed by atoms with Crippen LogP contribution in [0.1, 0.15) is 52.5 Å². The molecule has 0 N–H and O–H groups in total. The zero-order chi connectivity index (χ0) is 12.3. The average molecular weight is 264 g/mol. The lowest BCUT2D eigenvalue weighted by atomic mass is 9.93. The Balaban J connectivity index is 0.000000516. The summed E-state index contributed by atoms with van der Waals surface area (Å²) in [6.45, 7) is 4.00. The maximum absolute atomic E-state index is 12.3. The molecule has 0 amide bonds. The third-order valence-corrected chi connectivity index (χ3v) is 5.06. The van der Waals surface area contributed by atoms with Crippen LogP contribution in [0, 0.1) is 0 Å². The molecular formula is C16H24OS. The van der Waals surface area contributed by atoms with Crippen LogP contribution in [0.4, 0.5) is 0 Å². The summed E-state index contributed by atoms with van der Waals surface area (Å²) >= 11 is 0. The van der Waals surface area contributed by atoms with Gasteiger partial charge in [-0.25, -0.2) is 4.21 Å². The molecule has 1 heterocycles. The molecular weight excluding hydrogens is 240 g/mol. The molecule has 1 aromatic rings. The SMILES string of the molecule is C.CC.O=S1C2=C(CCCC2)Cc2ccccc21. The third-order valence-electron chi connectivity index (χ3n) is 3.33. The second kappa shape index (κ2) is 6.89. The molecule has 1 aliphatic heterocycles. The van der Waals surface area contributed by atoms with Crippen molar-refractivity contribution < 1.29 is 4.21 Å². The van der Waals surface area contributed by atoms with Crippen molar-refractivity contribution in [1.82, 2.24) is 0 Å². The van der Waals surface area contributed by atoms with E-state index in [-0.39, 0.29) is 7.43 Å². The largest absolute Gasteiger partial charge is 0.249 e. The predicted octanol–water partition coefficient (Wildman–Crippen LogP) is 4.84. The van der Waals surface area contributed by atoms with E-state index >= 15 is 0 Å². The molecule has 0 fully saturated rings. The topological polar surface area (TPSA) is 17.1 Å². The second-order valence-electron chi connectivity index (χ2n) is 4.29. The molecule has 1 aromatic carbocycles. The van der Waals surface area contributed by atoms with E-state index in [0.717, 1.165) is 24.2 Å². The molecule has 0 bridgehead atoms. The van der Waals surface area contributed by atoms with Gasteiger partial charge in [0.15, 0.2) is 0 Å². The molecule has 18 heavy (non-hydrogen) atoms. The summed E-state index contributed by atoms with van der Waals surface area (Å²) in [4.78, 5) is 2.29. The standard InChI is InChI=1S/C13H14OS.C2H6.CH4/c14-15-12-7-3-1-5-10(12)9-11-6-2-4-8-13(11)15;1-2;/h1,3,5,7H,2,4,6,8-9H2;1-2H3;1H4. The molecule has 2 heteroatoms. The molecule has 0 saturated carbocycles. The van der Waals surface area contributed by atoms with Crippen molar-refractivity contribution in [2.45, 2.75) is 58.3 Å². The Morgan fingerprint density at radius 1 is 1.06 bits per heavy atom. The Bertz CT molecular complexity index is 460. The minimum atomic E-state index is -0.852. The number of hydrogen-bond acceptors (Lipinski definition) is 1. The van der Waals surface area contributed by atoms with Crippen molar-refractivity contribution in [3.8, 4) is 0 Å². The molecule has 0 spiro atoms. The van der Waals surface area contributed by atoms with Crippen molar-refractivity contribution in [3.05, 3.63) is 40.3 Å². The van der Waals surface area contributed by atoms with Gasteiger partial charge in [-0.15, -0.1) is 0 Å². The van der Waals surface area contributed by atoms with Gasteiger partial charge in [0, 0.05) is 9.80 Å². The zero-order valence-corrected chi connectivity index (χ0v) is 11.5. The van der Waals surface area contributed by atoms with Crippen LogP contribution in [0.3, 0.4) is 0 Å². The fraction of sp³-hybridized carbons (Fsp3) is 0.500. The number of rotatable bonds is 0. The quantitative estimate of drug-likeness (QED) is 0.655. The zero-order valence-electron chi connectivity index (χ0n) is 10.7. The highest BCUT2D eigenvalue weighted by molar-refractivity contribution is 7.89. The van der Waals surface area contributed by atoms with Gasteiger partial charge >= 0.3 is 0 Å². The molecule has 3 rings (SSSR count). The van der Waals surface area contributed by atoms with E-state index in [1.165, 1.54) is 28.9 Å². The lowest BCUT2D eigenvalue weighted by Crippen LogP contribution is -2.14. The normalized spacial score (nSPS) is 20.9. The smallest absolute Gasteiger partial charge is 0.0810 e. The predicted molar refractivity (Wildman–Crippen MR) is 80.1 cm³/mol. The van der Waals surface area contributed by atoms with E-state index in [0.29, 0.717) is 0 Å². The van der Waals surface area contributed by atoms with E-state index in [9.17, 15) is 4.21 Å². The van der Waals surface area contributed by atoms with Crippen molar-refractivity contribution in [2.75, 3.05) is 0 Å². The summed E-state index contributed by atoms with van der Waals surface area (Å²) in [5.74, 6) is 0. The highest BCUT2D eigenvalue weighted by Gasteiger charge is 2.25. The van der Waals surface area contributed by atoms with Gasteiger partial charge in [-0.1, -0.05) is 45.0 Å². The van der Waals surface area contributed by atoms with E-state index in [4.69, 9.17) is 0 Å². The van der Waals surface area contributed by atoms with Gasteiger partial charge in [-0.2, -0.15) is 0 Å². The lowest BCUT2D eigenvalue weighted by molar-refractivity contribution is 0.651. The van der Waals surface area contributed by atoms with Gasteiger partial charge in [-0.05, 0) is 43.7 Å². The van der Waals surface area contributed by atoms with Gasteiger partial charge < -0.3 is 0 Å². The maximum atomic E-state index is 12.3. The number of benzene rings is 1. The maximum Gasteiger partial charge on any atom is 0.0810 e. The Labute approximate surface area is 114 Å². The first-order valence-electron chi connectivity index (χ1n) is 6.57. The molecule has 1 atom stereocenters. The van der Waals surface area contributed by atoms with Crippen LogP contribution in [-0.2, 0) is 17.2 Å². The highest BCUT2D eigenvalue weighted by atomic mass is 32.2. The average Bonchev–Trinajstić information content (AvgIpc) is 2.41. The molecule has 0 aromatic heterocycles. The van der Waals surface area contributed by atoms with Crippen LogP contribution in [0.25, 0.3) is 0 Å². The monoisotopic (exact) mass is 264 g/mol. The summed E-state index contributed by atoms with van der Waals surface area (Å²) in [6, 6.07) is 8.17. The number of allylic oxidation sites excluding steroid dienone is 2. The van der Waals surface area contributed by atoms with E-state index in [2.05, 4.69) is 6.07 Å². The molecule has 100 valence electrons. The Hall–Kier alpha value is -0.890. The highest BCUT2D eigenvalue weighted by Crippen LogP contribution is 2.37. The lowest BCUT2D eigenvalue weighted by Gasteiger charge is -2.25. The fourth-order valence-electron chi connectivity index (χ4n) is 2.54. The number of hydrogen-bond donors (Lipinski definition) is 0. The molecule has 1 unspecified atom stereocenters. The van der Waals surface area contributed by atoms with Crippen LogP contribution in [0.5, 0.6) is 0 Å². The summed E-state index contributed by atoms with van der Waals surface area (Å²) in [5.41, 5.74) is 2.73. The molecule has 1 nitrogen and oxygen atoms in total. The van der Waals surface area contributed by atoms with Gasteiger partial charge in [0.25, 0.3) is 0 Å². The van der Waals surface area contributed by atoms with Crippen LogP contribution in [0.15, 0.2) is 39.6 Å². The van der Waals surface area contributed by atoms with Crippen molar-refractivity contribution >= 4 is 10.8 Å². The first-order chi connectivity index (χ1) is 8.36. The minimum Gasteiger partial charge on any atom is -0.249 e. The summed E-state index contributed by atoms with van der Waals surface area (Å²) in [5, 5.41) is 0. The van der Waals surface area contributed by atoms with Crippen molar-refractivity contribution in [1.29, 1.82) is 0 Å². The first kappa shape index (κ1) is 15.2. The van der Waals surface area contributed by atoms with Crippen molar-refractivity contribution in [3.63, 3.8) is 0 Å². The summed E-state index contributed by atoms with van der Waals surface area (Å²) in [6.07, 6.45) is 5.74. The Morgan fingerprint density at radius 3 is 2.50 bits per heavy atom. The van der Waals surface area contributed by atoms with Crippen LogP contribution < -0.4 is 0 Å². The molecule has 0 radical (unpaired) electrons. The van der Waals surface area contributed by atoms with Gasteiger partial charge in [0.05, 0.1) is 10.8 Å². The van der Waals surface area contributed by atoms with Gasteiger partial charge in [0.2, 0.25) is 0 Å². The van der Waals surface area contributed by atoms with E-state index < -0.39 is 10.8 Å². The van der Waals surface area contributed by atoms with Crippen LogP contribution in [0.2, 0.25) is 0 Å². The van der Waals surface area contributed by atoms with E-state index in [1.807, 2.05) is 32.0 Å². The first-order valence-corrected chi connectivity index (χ1v) is 7.72. The Morgan fingerprint density at radius 2 is 1.72 bits per heavy atom. The van der Waals surface area contributed by atoms with Crippen LogP contribution in [-0.4, -0.2) is 4.21 Å². The minimum absolute atomic E-state index is 0. The number of fused-ring (bicyclic) bond motifs is 1. The van der Waals surface area contributed by atoms with Gasteiger partial charge in [0.1, 0.15) is 0 Å². The molecule has 0 saturated heterocycles. The van der Waals surface area contributed by atoms with E-state index in [1.54, 1.807) is 0 Å². The fourth-order valence-corrected chi connectivity index (χ4v) is 4.16. The third kappa shape index (κ3) is 2.74. The molecule has 2 aliphatic rings. The second-order valence-corrected chi connectivity index (χ2v) is 5.76. The van der Waals surface area contributed by atoms with Gasteiger partial charge in [-0.3, -0.25) is 0 Å². The van der Waals surface area contributed by atoms with Crippen molar-refractivity contribution in [2.24, 2.45) is 0 Å². The molecule has 1 aliphatic carbocycles. The summed E-state index contributed by atoms with van der Waals surface area (Å²) in [7, 11) is -0.852.